The van der Waals surface area contributed by atoms with Crippen molar-refractivity contribution in [1.82, 2.24) is 20.1 Å². The van der Waals surface area contributed by atoms with Crippen molar-refractivity contribution in [2.75, 3.05) is 0 Å². The van der Waals surface area contributed by atoms with E-state index in [4.69, 9.17) is 5.73 Å². The molecule has 0 saturated carbocycles. The number of para-hydroxylation sites is 1. The van der Waals surface area contributed by atoms with E-state index >= 15 is 0 Å². The summed E-state index contributed by atoms with van der Waals surface area (Å²) in [4.78, 5) is 12.0. The van der Waals surface area contributed by atoms with Crippen molar-refractivity contribution in [2.24, 2.45) is 11.1 Å². The third-order valence-electron chi connectivity index (χ3n) is 3.29. The van der Waals surface area contributed by atoms with E-state index in [1.165, 1.54) is 0 Å². The fourth-order valence-corrected chi connectivity index (χ4v) is 1.85. The quantitative estimate of drug-likeness (QED) is 0.896. The zero-order chi connectivity index (χ0) is 15.5. The Balaban J connectivity index is 0.00000242. The molecule has 0 radical (unpaired) electrons. The number of aromatic nitrogens is 3. The van der Waals surface area contributed by atoms with Crippen LogP contribution in [0.5, 0.6) is 0 Å². The molecule has 0 spiro atoms. The van der Waals surface area contributed by atoms with Crippen LogP contribution >= 0.6 is 12.4 Å². The number of nitrogens with one attached hydrogen (secondary N) is 1. The highest BCUT2D eigenvalue weighted by Crippen LogP contribution is 2.17. The second-order valence-electron chi connectivity index (χ2n) is 6.01. The summed E-state index contributed by atoms with van der Waals surface area (Å²) < 4.78 is 1.84. The molecule has 1 atom stereocenters. The lowest BCUT2D eigenvalue weighted by molar-refractivity contribution is -0.124. The number of benzene rings is 1. The maximum Gasteiger partial charge on any atom is 0.237 e. The van der Waals surface area contributed by atoms with Crippen LogP contribution in [0.4, 0.5) is 0 Å². The third-order valence-corrected chi connectivity index (χ3v) is 3.29. The van der Waals surface area contributed by atoms with Crippen LogP contribution in [0.25, 0.3) is 5.69 Å². The van der Waals surface area contributed by atoms with Crippen molar-refractivity contribution in [3.05, 3.63) is 42.5 Å². The van der Waals surface area contributed by atoms with Crippen molar-refractivity contribution in [3.63, 3.8) is 0 Å². The fourth-order valence-electron chi connectivity index (χ4n) is 1.85. The lowest BCUT2D eigenvalue weighted by Gasteiger charge is -2.25. The Labute approximate surface area is 136 Å². The molecule has 0 bridgehead atoms. The zero-order valence-corrected chi connectivity index (χ0v) is 13.8. The van der Waals surface area contributed by atoms with E-state index in [1.54, 1.807) is 6.33 Å². The van der Waals surface area contributed by atoms with Crippen molar-refractivity contribution in [3.8, 4) is 5.69 Å². The summed E-state index contributed by atoms with van der Waals surface area (Å²) in [6.45, 7) is 6.09. The zero-order valence-electron chi connectivity index (χ0n) is 13.0. The number of amides is 1. The summed E-state index contributed by atoms with van der Waals surface area (Å²) in [5, 5.41) is 10.8. The highest BCUT2D eigenvalue weighted by molar-refractivity contribution is 5.85. The van der Waals surface area contributed by atoms with Gasteiger partial charge >= 0.3 is 0 Å². The van der Waals surface area contributed by atoms with Crippen molar-refractivity contribution >= 4 is 18.3 Å². The topological polar surface area (TPSA) is 85.8 Å². The van der Waals surface area contributed by atoms with E-state index in [9.17, 15) is 4.79 Å². The van der Waals surface area contributed by atoms with Gasteiger partial charge in [-0.3, -0.25) is 9.36 Å². The van der Waals surface area contributed by atoms with Gasteiger partial charge in [0.25, 0.3) is 0 Å². The van der Waals surface area contributed by atoms with Gasteiger partial charge < -0.3 is 11.1 Å². The molecular formula is C15H22ClN5O. The largest absolute Gasteiger partial charge is 0.347 e. The molecular weight excluding hydrogens is 302 g/mol. The monoisotopic (exact) mass is 323 g/mol. The Morgan fingerprint density at radius 2 is 1.95 bits per heavy atom. The molecule has 1 aromatic carbocycles. The number of halogens is 1. The number of rotatable bonds is 4. The van der Waals surface area contributed by atoms with Crippen LogP contribution < -0.4 is 11.1 Å². The summed E-state index contributed by atoms with van der Waals surface area (Å²) in [6.07, 6.45) is 1.63. The summed E-state index contributed by atoms with van der Waals surface area (Å²) >= 11 is 0. The number of hydrogen-bond donors (Lipinski definition) is 2. The number of nitrogens with two attached hydrogens (primary N) is 1. The molecule has 22 heavy (non-hydrogen) atoms. The van der Waals surface area contributed by atoms with Crippen LogP contribution in [-0.4, -0.2) is 26.7 Å². The lowest BCUT2D eigenvalue weighted by Crippen LogP contribution is -2.48. The van der Waals surface area contributed by atoms with Gasteiger partial charge in [-0.05, 0) is 17.5 Å². The number of hydrogen-bond acceptors (Lipinski definition) is 4. The molecule has 1 aromatic heterocycles. The molecule has 2 rings (SSSR count). The second kappa shape index (κ2) is 7.38. The minimum atomic E-state index is -0.564. The molecule has 0 saturated heterocycles. The van der Waals surface area contributed by atoms with Crippen LogP contribution in [0.3, 0.4) is 0 Å². The van der Waals surface area contributed by atoms with Gasteiger partial charge in [0.1, 0.15) is 6.33 Å². The Morgan fingerprint density at radius 1 is 1.32 bits per heavy atom. The lowest BCUT2D eigenvalue weighted by atomic mass is 9.87. The van der Waals surface area contributed by atoms with Crippen molar-refractivity contribution in [2.45, 2.75) is 33.4 Å². The smallest absolute Gasteiger partial charge is 0.237 e. The van der Waals surface area contributed by atoms with E-state index < -0.39 is 6.04 Å². The Bertz CT molecular complexity index is 606. The maximum atomic E-state index is 12.0. The Kier molecular flexibility index (Phi) is 6.08. The predicted molar refractivity (Wildman–Crippen MR) is 87.9 cm³/mol. The van der Waals surface area contributed by atoms with Gasteiger partial charge in [-0.1, -0.05) is 39.0 Å². The van der Waals surface area contributed by atoms with Gasteiger partial charge in [-0.25, -0.2) is 0 Å². The maximum absolute atomic E-state index is 12.0. The molecule has 0 fully saturated rings. The Morgan fingerprint density at radius 3 is 2.55 bits per heavy atom. The first-order chi connectivity index (χ1) is 9.89. The van der Waals surface area contributed by atoms with Crippen LogP contribution in [-0.2, 0) is 11.3 Å². The van der Waals surface area contributed by atoms with Crippen LogP contribution in [0.2, 0.25) is 0 Å². The van der Waals surface area contributed by atoms with E-state index in [0.717, 1.165) is 5.69 Å². The molecule has 0 aliphatic heterocycles. The summed E-state index contributed by atoms with van der Waals surface area (Å²) in [7, 11) is 0. The highest BCUT2D eigenvalue weighted by atomic mass is 35.5. The van der Waals surface area contributed by atoms with E-state index in [1.807, 2.05) is 55.7 Å². The molecule has 1 amide bonds. The van der Waals surface area contributed by atoms with Crippen LogP contribution in [0, 0.1) is 5.41 Å². The molecule has 2 aromatic rings. The van der Waals surface area contributed by atoms with Crippen molar-refractivity contribution in [1.29, 1.82) is 0 Å². The number of nitrogens with zero attached hydrogens (tertiary/aromatic N) is 3. The minimum absolute atomic E-state index is 0. The Hall–Kier alpha value is -1.92. The molecule has 3 N–H and O–H groups in total. The van der Waals surface area contributed by atoms with E-state index in [0.29, 0.717) is 5.82 Å². The molecule has 1 heterocycles. The van der Waals surface area contributed by atoms with Gasteiger partial charge in [-0.15, -0.1) is 22.6 Å². The van der Waals surface area contributed by atoms with Gasteiger partial charge in [-0.2, -0.15) is 0 Å². The molecule has 7 heteroatoms. The number of carbonyl (C=O) groups excluding carboxylic acids is 1. The predicted octanol–water partition coefficient (Wildman–Crippen LogP) is 1.68. The molecule has 120 valence electrons. The molecule has 0 aliphatic carbocycles. The second-order valence-corrected chi connectivity index (χ2v) is 6.01. The van der Waals surface area contributed by atoms with E-state index in [2.05, 4.69) is 15.5 Å². The van der Waals surface area contributed by atoms with Gasteiger partial charge in [0.05, 0.1) is 12.6 Å². The average molecular weight is 324 g/mol. The van der Waals surface area contributed by atoms with E-state index in [-0.39, 0.29) is 30.3 Å². The number of carbonyl (C=O) groups is 1. The summed E-state index contributed by atoms with van der Waals surface area (Å²) in [5.74, 6) is 0.473. The molecule has 0 unspecified atom stereocenters. The normalized spacial score (nSPS) is 12.4. The summed E-state index contributed by atoms with van der Waals surface area (Å²) in [6, 6.07) is 9.16. The first kappa shape index (κ1) is 18.1. The van der Waals surface area contributed by atoms with Crippen molar-refractivity contribution < 1.29 is 4.79 Å². The summed E-state index contributed by atoms with van der Waals surface area (Å²) in [5.41, 5.74) is 6.60. The molecule has 0 aliphatic rings. The first-order valence-corrected chi connectivity index (χ1v) is 6.87. The van der Waals surface area contributed by atoms with Crippen LogP contribution in [0.15, 0.2) is 36.7 Å². The highest BCUT2D eigenvalue weighted by Gasteiger charge is 2.27. The third kappa shape index (κ3) is 4.29. The van der Waals surface area contributed by atoms with Gasteiger partial charge in [0.15, 0.2) is 5.82 Å². The minimum Gasteiger partial charge on any atom is -0.347 e. The molecule has 6 nitrogen and oxygen atoms in total. The standard InChI is InChI=1S/C15H21N5O.ClH/c1-15(2,3)13(16)14(21)17-9-12-19-18-10-20(12)11-7-5-4-6-8-11;/h4-8,10,13H,9,16H2,1-3H3,(H,17,21);1H/t13-;/m1./s1. The average Bonchev–Trinajstić information content (AvgIpc) is 2.92. The van der Waals surface area contributed by atoms with Crippen LogP contribution in [0.1, 0.15) is 26.6 Å². The fraction of sp³-hybridized carbons (Fsp3) is 0.400. The SMILES string of the molecule is CC(C)(C)[C@H](N)C(=O)NCc1nncn1-c1ccccc1.Cl. The first-order valence-electron chi connectivity index (χ1n) is 6.87. The van der Waals surface area contributed by atoms with Gasteiger partial charge in [0.2, 0.25) is 5.91 Å². The van der Waals surface area contributed by atoms with Gasteiger partial charge in [0, 0.05) is 5.69 Å².